The van der Waals surface area contributed by atoms with Crippen LogP contribution in [0.1, 0.15) is 30.6 Å². The van der Waals surface area contributed by atoms with Crippen LogP contribution in [0, 0.1) is 11.3 Å². The molecule has 2 N–H and O–H groups in total. The average molecular weight is 345 g/mol. The standard InChI is InChI=1S/C17H17BrN2O/c1-2-16(20)17(13-6-8-14(18)9-7-13)21-15-5-3-4-12(10-15)11-19/h3-10,16-17H,2,20H2,1H3. The van der Waals surface area contributed by atoms with E-state index in [2.05, 4.69) is 22.0 Å². The average Bonchev–Trinajstić information content (AvgIpc) is 2.53. The van der Waals surface area contributed by atoms with Crippen molar-refractivity contribution < 1.29 is 4.74 Å². The zero-order valence-corrected chi connectivity index (χ0v) is 13.4. The highest BCUT2D eigenvalue weighted by Gasteiger charge is 2.20. The lowest BCUT2D eigenvalue weighted by molar-refractivity contribution is 0.171. The lowest BCUT2D eigenvalue weighted by Crippen LogP contribution is -2.31. The number of hydrogen-bond acceptors (Lipinski definition) is 3. The van der Waals surface area contributed by atoms with Crippen LogP contribution >= 0.6 is 15.9 Å². The fraction of sp³-hybridized carbons (Fsp3) is 0.235. The first-order valence-electron chi connectivity index (χ1n) is 6.82. The molecule has 108 valence electrons. The molecule has 0 heterocycles. The van der Waals surface area contributed by atoms with E-state index in [0.717, 1.165) is 16.5 Å². The molecular weight excluding hydrogens is 328 g/mol. The van der Waals surface area contributed by atoms with Crippen LogP contribution in [0.25, 0.3) is 0 Å². The van der Waals surface area contributed by atoms with Crippen molar-refractivity contribution in [3.05, 3.63) is 64.1 Å². The van der Waals surface area contributed by atoms with Gasteiger partial charge in [-0.1, -0.05) is 41.1 Å². The molecule has 0 bridgehead atoms. The van der Waals surface area contributed by atoms with Crippen molar-refractivity contribution in [2.45, 2.75) is 25.5 Å². The smallest absolute Gasteiger partial charge is 0.139 e. The van der Waals surface area contributed by atoms with Gasteiger partial charge in [-0.05, 0) is 42.3 Å². The first kappa shape index (κ1) is 15.6. The van der Waals surface area contributed by atoms with Gasteiger partial charge in [-0.25, -0.2) is 0 Å². The Morgan fingerprint density at radius 1 is 1.24 bits per heavy atom. The van der Waals surface area contributed by atoms with Gasteiger partial charge >= 0.3 is 0 Å². The molecule has 0 fully saturated rings. The van der Waals surface area contributed by atoms with Gasteiger partial charge in [0.15, 0.2) is 0 Å². The number of hydrogen-bond donors (Lipinski definition) is 1. The van der Waals surface area contributed by atoms with E-state index in [1.807, 2.05) is 43.3 Å². The van der Waals surface area contributed by atoms with E-state index in [4.69, 9.17) is 15.7 Å². The fourth-order valence-electron chi connectivity index (χ4n) is 2.05. The minimum absolute atomic E-state index is 0.114. The Balaban J connectivity index is 2.28. The van der Waals surface area contributed by atoms with Crippen LogP contribution in [-0.2, 0) is 0 Å². The predicted molar refractivity (Wildman–Crippen MR) is 86.9 cm³/mol. The van der Waals surface area contributed by atoms with Gasteiger partial charge in [-0.2, -0.15) is 5.26 Å². The summed E-state index contributed by atoms with van der Waals surface area (Å²) in [5.74, 6) is 0.658. The lowest BCUT2D eigenvalue weighted by atomic mass is 10.0. The molecule has 0 aliphatic heterocycles. The molecule has 21 heavy (non-hydrogen) atoms. The molecule has 0 saturated carbocycles. The van der Waals surface area contributed by atoms with Crippen LogP contribution in [0.3, 0.4) is 0 Å². The maximum atomic E-state index is 8.96. The quantitative estimate of drug-likeness (QED) is 0.884. The van der Waals surface area contributed by atoms with Crippen LogP contribution in [-0.4, -0.2) is 6.04 Å². The molecule has 0 saturated heterocycles. The Morgan fingerprint density at radius 3 is 2.57 bits per heavy atom. The largest absolute Gasteiger partial charge is 0.484 e. The molecule has 3 nitrogen and oxygen atoms in total. The summed E-state index contributed by atoms with van der Waals surface area (Å²) in [5, 5.41) is 8.96. The zero-order chi connectivity index (χ0) is 15.2. The van der Waals surface area contributed by atoms with Crippen molar-refractivity contribution in [3.63, 3.8) is 0 Å². The maximum absolute atomic E-state index is 8.96. The summed E-state index contributed by atoms with van der Waals surface area (Å²) < 4.78 is 7.06. The Bertz CT molecular complexity index is 634. The van der Waals surface area contributed by atoms with Crippen molar-refractivity contribution >= 4 is 15.9 Å². The number of nitrogens with two attached hydrogens (primary N) is 1. The normalized spacial score (nSPS) is 13.2. The first-order valence-corrected chi connectivity index (χ1v) is 7.61. The monoisotopic (exact) mass is 344 g/mol. The van der Waals surface area contributed by atoms with E-state index in [-0.39, 0.29) is 12.1 Å². The van der Waals surface area contributed by atoms with Gasteiger partial charge in [0.05, 0.1) is 11.6 Å². The van der Waals surface area contributed by atoms with Gasteiger partial charge in [0, 0.05) is 10.5 Å². The van der Waals surface area contributed by atoms with Crippen LogP contribution in [0.4, 0.5) is 0 Å². The van der Waals surface area contributed by atoms with Gasteiger partial charge < -0.3 is 10.5 Å². The molecule has 0 radical (unpaired) electrons. The van der Waals surface area contributed by atoms with Crippen molar-refractivity contribution in [3.8, 4) is 11.8 Å². The first-order chi connectivity index (χ1) is 10.1. The van der Waals surface area contributed by atoms with Crippen LogP contribution in [0.5, 0.6) is 5.75 Å². The van der Waals surface area contributed by atoms with Crippen LogP contribution in [0.15, 0.2) is 53.0 Å². The molecule has 2 aromatic rings. The van der Waals surface area contributed by atoms with E-state index < -0.39 is 0 Å². The van der Waals surface area contributed by atoms with Gasteiger partial charge in [0.2, 0.25) is 0 Å². The number of nitriles is 1. The minimum Gasteiger partial charge on any atom is -0.484 e. The Hall–Kier alpha value is -1.83. The molecule has 0 amide bonds. The molecule has 0 aliphatic rings. The van der Waals surface area contributed by atoms with Crippen molar-refractivity contribution in [2.75, 3.05) is 0 Å². The third-order valence-electron chi connectivity index (χ3n) is 3.28. The zero-order valence-electron chi connectivity index (χ0n) is 11.8. The van der Waals surface area contributed by atoms with Crippen LogP contribution in [0.2, 0.25) is 0 Å². The summed E-state index contributed by atoms with van der Waals surface area (Å²) in [6.45, 7) is 2.03. The SMILES string of the molecule is CCC(N)C(Oc1cccc(C#N)c1)c1ccc(Br)cc1. The second kappa shape index (κ2) is 7.26. The third-order valence-corrected chi connectivity index (χ3v) is 3.81. The fourth-order valence-corrected chi connectivity index (χ4v) is 2.32. The van der Waals surface area contributed by atoms with Crippen LogP contribution < -0.4 is 10.5 Å². The molecule has 0 aliphatic carbocycles. The number of halogens is 1. The highest BCUT2D eigenvalue weighted by Crippen LogP contribution is 2.27. The van der Waals surface area contributed by atoms with E-state index in [0.29, 0.717) is 11.3 Å². The Kier molecular flexibility index (Phi) is 5.38. The van der Waals surface area contributed by atoms with Crippen molar-refractivity contribution in [1.82, 2.24) is 0 Å². The summed E-state index contributed by atoms with van der Waals surface area (Å²) in [4.78, 5) is 0. The summed E-state index contributed by atoms with van der Waals surface area (Å²) >= 11 is 3.43. The third kappa shape index (κ3) is 4.07. The highest BCUT2D eigenvalue weighted by molar-refractivity contribution is 9.10. The summed E-state index contributed by atoms with van der Waals surface area (Å²) in [6.07, 6.45) is 0.565. The van der Waals surface area contributed by atoms with E-state index in [1.54, 1.807) is 12.1 Å². The van der Waals surface area contributed by atoms with Gasteiger partial charge in [-0.3, -0.25) is 0 Å². The second-order valence-corrected chi connectivity index (χ2v) is 5.72. The second-order valence-electron chi connectivity index (χ2n) is 4.80. The maximum Gasteiger partial charge on any atom is 0.139 e. The van der Waals surface area contributed by atoms with E-state index in [1.165, 1.54) is 0 Å². The number of rotatable bonds is 5. The van der Waals surface area contributed by atoms with Crippen molar-refractivity contribution in [1.29, 1.82) is 5.26 Å². The molecule has 2 aromatic carbocycles. The van der Waals surface area contributed by atoms with Gasteiger partial charge in [-0.15, -0.1) is 0 Å². The number of benzene rings is 2. The highest BCUT2D eigenvalue weighted by atomic mass is 79.9. The molecule has 2 rings (SSSR count). The van der Waals surface area contributed by atoms with E-state index in [9.17, 15) is 0 Å². The topological polar surface area (TPSA) is 59.0 Å². The molecule has 0 aromatic heterocycles. The Labute approximate surface area is 133 Å². The predicted octanol–water partition coefficient (Wildman–Crippen LogP) is 4.18. The van der Waals surface area contributed by atoms with Crippen molar-refractivity contribution in [2.24, 2.45) is 5.73 Å². The minimum atomic E-state index is -0.239. The molecule has 0 spiro atoms. The molecular formula is C17H17BrN2O. The molecule has 2 unspecified atom stereocenters. The molecule has 4 heteroatoms. The summed E-state index contributed by atoms with van der Waals surface area (Å²) in [6, 6.07) is 17.1. The number of nitrogens with zero attached hydrogens (tertiary/aromatic N) is 1. The summed E-state index contributed by atoms with van der Waals surface area (Å²) in [7, 11) is 0. The molecule has 2 atom stereocenters. The Morgan fingerprint density at radius 2 is 1.95 bits per heavy atom. The lowest BCUT2D eigenvalue weighted by Gasteiger charge is -2.25. The van der Waals surface area contributed by atoms with E-state index >= 15 is 0 Å². The van der Waals surface area contributed by atoms with Gasteiger partial charge in [0.25, 0.3) is 0 Å². The number of ether oxygens (including phenoxy) is 1. The van der Waals surface area contributed by atoms with Gasteiger partial charge in [0.1, 0.15) is 11.9 Å². The summed E-state index contributed by atoms with van der Waals surface area (Å²) in [5.41, 5.74) is 7.80.